The molecular formula is C21H23NO6. The number of fused-ring (bicyclic) bond motifs is 1. The summed E-state index contributed by atoms with van der Waals surface area (Å²) in [6.07, 6.45) is 0.362. The van der Waals surface area contributed by atoms with Crippen molar-refractivity contribution in [2.45, 2.75) is 25.9 Å². The van der Waals surface area contributed by atoms with Gasteiger partial charge >= 0.3 is 5.97 Å². The summed E-state index contributed by atoms with van der Waals surface area (Å²) in [7, 11) is 2.88. The fourth-order valence-corrected chi connectivity index (χ4v) is 3.80. The summed E-state index contributed by atoms with van der Waals surface area (Å²) < 4.78 is 15.9. The number of benzene rings is 1. The lowest BCUT2D eigenvalue weighted by atomic mass is 9.70. The third kappa shape index (κ3) is 3.11. The van der Waals surface area contributed by atoms with Crippen molar-refractivity contribution in [1.29, 1.82) is 0 Å². The third-order valence-electron chi connectivity index (χ3n) is 5.04. The van der Waals surface area contributed by atoms with Crippen LogP contribution in [0.25, 0.3) is 0 Å². The van der Waals surface area contributed by atoms with Crippen molar-refractivity contribution in [2.24, 2.45) is 5.92 Å². The zero-order valence-electron chi connectivity index (χ0n) is 16.3. The van der Waals surface area contributed by atoms with Crippen LogP contribution in [0, 0.1) is 12.8 Å². The predicted octanol–water partition coefficient (Wildman–Crippen LogP) is 2.60. The van der Waals surface area contributed by atoms with Gasteiger partial charge in [0.2, 0.25) is 0 Å². The molecule has 28 heavy (non-hydrogen) atoms. The number of esters is 1. The minimum atomic E-state index is -1.24. The summed E-state index contributed by atoms with van der Waals surface area (Å²) in [6.45, 7) is 3.61. The first kappa shape index (κ1) is 19.8. The molecule has 1 aliphatic rings. The number of aliphatic hydroxyl groups excluding tert-OH is 1. The van der Waals surface area contributed by atoms with Gasteiger partial charge in [-0.3, -0.25) is 14.6 Å². The molecule has 1 aromatic carbocycles. The smallest absolute Gasteiger partial charge is 0.317 e. The average molecular weight is 385 g/mol. The van der Waals surface area contributed by atoms with Crippen molar-refractivity contribution in [1.82, 2.24) is 4.98 Å². The highest BCUT2D eigenvalue weighted by Crippen LogP contribution is 2.50. The highest BCUT2D eigenvalue weighted by molar-refractivity contribution is 6.13. The number of aliphatic hydroxyl groups is 1. The van der Waals surface area contributed by atoms with Crippen LogP contribution in [0.2, 0.25) is 0 Å². The molecule has 7 nitrogen and oxygen atoms in total. The molecule has 3 atom stereocenters. The second kappa shape index (κ2) is 7.98. The van der Waals surface area contributed by atoms with Crippen molar-refractivity contribution < 1.29 is 28.9 Å². The molecule has 148 valence electrons. The maximum Gasteiger partial charge on any atom is 0.317 e. The zero-order chi connectivity index (χ0) is 20.4. The van der Waals surface area contributed by atoms with Crippen LogP contribution in [0.4, 0.5) is 0 Å². The number of carbonyl (C=O) groups is 2. The summed E-state index contributed by atoms with van der Waals surface area (Å²) >= 11 is 0. The summed E-state index contributed by atoms with van der Waals surface area (Å²) in [5.41, 5.74) is 1.66. The predicted molar refractivity (Wildman–Crippen MR) is 101 cm³/mol. The number of ether oxygens (including phenoxy) is 3. The van der Waals surface area contributed by atoms with Crippen LogP contribution in [0.15, 0.2) is 30.5 Å². The van der Waals surface area contributed by atoms with E-state index in [0.29, 0.717) is 17.0 Å². The lowest BCUT2D eigenvalue weighted by molar-refractivity contribution is -0.148. The fraction of sp³-hybridized carbons (Fsp3) is 0.381. The van der Waals surface area contributed by atoms with Crippen LogP contribution in [0.5, 0.6) is 11.5 Å². The van der Waals surface area contributed by atoms with E-state index in [1.54, 1.807) is 31.3 Å². The van der Waals surface area contributed by atoms with E-state index in [-0.39, 0.29) is 17.9 Å². The SMILES string of the molecule is CCOC(=O)[C@@H]1C(=O)c2c(OC)ccc(OC)c2[C@@H](O)[C@H]1c1ncccc1C. The van der Waals surface area contributed by atoms with Gasteiger partial charge < -0.3 is 19.3 Å². The van der Waals surface area contributed by atoms with Gasteiger partial charge in [-0.05, 0) is 37.6 Å². The molecule has 3 rings (SSSR count). The number of pyridine rings is 1. The van der Waals surface area contributed by atoms with Crippen LogP contribution in [0.1, 0.15) is 46.1 Å². The number of nitrogens with zero attached hydrogens (tertiary/aromatic N) is 1. The first-order chi connectivity index (χ1) is 13.5. The van der Waals surface area contributed by atoms with Crippen molar-refractivity contribution in [2.75, 3.05) is 20.8 Å². The molecule has 0 saturated carbocycles. The molecule has 0 unspecified atom stereocenters. The quantitative estimate of drug-likeness (QED) is 0.624. The molecule has 0 fully saturated rings. The number of aromatic nitrogens is 1. The summed E-state index contributed by atoms with van der Waals surface area (Å²) in [5, 5.41) is 11.3. The number of hydrogen-bond donors (Lipinski definition) is 1. The van der Waals surface area contributed by atoms with E-state index in [4.69, 9.17) is 14.2 Å². The van der Waals surface area contributed by atoms with Gasteiger partial charge in [-0.15, -0.1) is 0 Å². The molecule has 1 N–H and O–H groups in total. The molecule has 0 radical (unpaired) electrons. The summed E-state index contributed by atoms with van der Waals surface area (Å²) in [4.78, 5) is 30.6. The van der Waals surface area contributed by atoms with Crippen LogP contribution in [0.3, 0.4) is 0 Å². The lowest BCUT2D eigenvalue weighted by Crippen LogP contribution is -2.40. The first-order valence-electron chi connectivity index (χ1n) is 9.01. The second-order valence-electron chi connectivity index (χ2n) is 6.53. The lowest BCUT2D eigenvalue weighted by Gasteiger charge is -2.36. The van der Waals surface area contributed by atoms with Crippen LogP contribution >= 0.6 is 0 Å². The van der Waals surface area contributed by atoms with E-state index in [1.807, 2.05) is 13.0 Å². The Hall–Kier alpha value is -2.93. The number of hydrogen-bond acceptors (Lipinski definition) is 7. The van der Waals surface area contributed by atoms with E-state index in [1.165, 1.54) is 14.2 Å². The van der Waals surface area contributed by atoms with Crippen molar-refractivity contribution in [3.05, 3.63) is 52.8 Å². The maximum atomic E-state index is 13.4. The van der Waals surface area contributed by atoms with Gasteiger partial charge in [0.05, 0.1) is 44.1 Å². The fourth-order valence-electron chi connectivity index (χ4n) is 3.80. The number of ketones is 1. The van der Waals surface area contributed by atoms with Gasteiger partial charge in [0.1, 0.15) is 17.4 Å². The highest BCUT2D eigenvalue weighted by atomic mass is 16.5. The van der Waals surface area contributed by atoms with E-state index < -0.39 is 29.7 Å². The molecule has 0 spiro atoms. The standard InChI is InChI=1S/C21H23NO6/c1-5-28-21(25)17-16(18-11(2)7-6-10-22-18)19(23)14-12(26-3)8-9-13(27-4)15(14)20(17)24/h6-10,16-17,19,23H,5H2,1-4H3/t16-,17+,19-/m1/s1. The van der Waals surface area contributed by atoms with Gasteiger partial charge in [0.15, 0.2) is 5.78 Å². The number of Topliss-reactive ketones (excluding diaryl/α,β-unsaturated/α-hetero) is 1. The normalized spacial score (nSPS) is 21.0. The average Bonchev–Trinajstić information content (AvgIpc) is 2.70. The van der Waals surface area contributed by atoms with Gasteiger partial charge in [0.25, 0.3) is 0 Å². The molecule has 0 aliphatic heterocycles. The van der Waals surface area contributed by atoms with Crippen molar-refractivity contribution in [3.63, 3.8) is 0 Å². The molecule has 2 aromatic rings. The minimum absolute atomic E-state index is 0.120. The number of methoxy groups -OCH3 is 2. The van der Waals surface area contributed by atoms with Gasteiger partial charge in [0, 0.05) is 11.8 Å². The van der Waals surface area contributed by atoms with Crippen molar-refractivity contribution in [3.8, 4) is 11.5 Å². The van der Waals surface area contributed by atoms with E-state index >= 15 is 0 Å². The molecule has 1 aliphatic carbocycles. The molecule has 0 bridgehead atoms. The first-order valence-corrected chi connectivity index (χ1v) is 9.01. The second-order valence-corrected chi connectivity index (χ2v) is 6.53. The highest BCUT2D eigenvalue weighted by Gasteiger charge is 2.50. The Labute approximate surface area is 163 Å². The van der Waals surface area contributed by atoms with E-state index in [2.05, 4.69) is 4.98 Å². The largest absolute Gasteiger partial charge is 0.496 e. The molecular weight excluding hydrogens is 362 g/mol. The summed E-state index contributed by atoms with van der Waals surface area (Å²) in [6, 6.07) is 6.78. The Morgan fingerprint density at radius 1 is 1.18 bits per heavy atom. The Balaban J connectivity index is 2.29. The Kier molecular flexibility index (Phi) is 5.65. The van der Waals surface area contributed by atoms with E-state index in [0.717, 1.165) is 5.56 Å². The Bertz CT molecular complexity index is 910. The van der Waals surface area contributed by atoms with Crippen molar-refractivity contribution >= 4 is 11.8 Å². The number of aryl methyl sites for hydroxylation is 1. The van der Waals surface area contributed by atoms with E-state index in [9.17, 15) is 14.7 Å². The Morgan fingerprint density at radius 3 is 2.46 bits per heavy atom. The van der Waals surface area contributed by atoms with Crippen LogP contribution in [-0.2, 0) is 9.53 Å². The van der Waals surface area contributed by atoms with Gasteiger partial charge in [-0.1, -0.05) is 6.07 Å². The van der Waals surface area contributed by atoms with Gasteiger partial charge in [-0.2, -0.15) is 0 Å². The maximum absolute atomic E-state index is 13.4. The molecule has 0 amide bonds. The molecule has 1 aromatic heterocycles. The third-order valence-corrected chi connectivity index (χ3v) is 5.04. The zero-order valence-corrected chi connectivity index (χ0v) is 16.3. The topological polar surface area (TPSA) is 95.0 Å². The molecule has 7 heteroatoms. The molecule has 0 saturated heterocycles. The van der Waals surface area contributed by atoms with Crippen LogP contribution < -0.4 is 9.47 Å². The van der Waals surface area contributed by atoms with Crippen LogP contribution in [-0.4, -0.2) is 42.7 Å². The molecule has 1 heterocycles. The number of rotatable bonds is 5. The number of carbonyl (C=O) groups excluding carboxylic acids is 2. The summed E-state index contributed by atoms with van der Waals surface area (Å²) in [5.74, 6) is -2.71. The monoisotopic (exact) mass is 385 g/mol. The van der Waals surface area contributed by atoms with Gasteiger partial charge in [-0.25, -0.2) is 0 Å². The Morgan fingerprint density at radius 2 is 1.86 bits per heavy atom. The minimum Gasteiger partial charge on any atom is -0.496 e.